The Balaban J connectivity index is 2.45. The van der Waals surface area contributed by atoms with Crippen LogP contribution in [0.15, 0.2) is 0 Å². The van der Waals surface area contributed by atoms with Gasteiger partial charge < -0.3 is 15.2 Å². The van der Waals surface area contributed by atoms with Crippen LogP contribution in [0.5, 0.6) is 0 Å². The maximum atomic E-state index is 11.9. The number of amides is 1. The Bertz CT molecular complexity index is 296. The minimum absolute atomic E-state index is 0.0225. The minimum Gasteiger partial charge on any atom is -0.481 e. The van der Waals surface area contributed by atoms with E-state index in [4.69, 9.17) is 9.84 Å². The van der Waals surface area contributed by atoms with Crippen molar-refractivity contribution < 1.29 is 19.4 Å². The molecule has 0 spiro atoms. The van der Waals surface area contributed by atoms with Crippen LogP contribution >= 0.6 is 0 Å². The zero-order valence-electron chi connectivity index (χ0n) is 11.0. The molecule has 0 bridgehead atoms. The number of carbonyl (C=O) groups excluding carboxylic acids is 1. The lowest BCUT2D eigenvalue weighted by atomic mass is 10.1. The summed E-state index contributed by atoms with van der Waals surface area (Å²) >= 11 is 0. The fourth-order valence-corrected chi connectivity index (χ4v) is 2.36. The molecule has 1 rings (SSSR count). The molecule has 1 aliphatic heterocycles. The van der Waals surface area contributed by atoms with E-state index in [1.807, 2.05) is 11.8 Å². The highest BCUT2D eigenvalue weighted by Crippen LogP contribution is 2.22. The van der Waals surface area contributed by atoms with Crippen LogP contribution in [0.25, 0.3) is 0 Å². The summed E-state index contributed by atoms with van der Waals surface area (Å²) in [6, 6.07) is -0.306. The monoisotopic (exact) mass is 258 g/mol. The summed E-state index contributed by atoms with van der Waals surface area (Å²) in [5.74, 6) is -0.872. The van der Waals surface area contributed by atoms with Crippen LogP contribution in [0.2, 0.25) is 0 Å². The summed E-state index contributed by atoms with van der Waals surface area (Å²) in [5, 5.41) is 11.6. The molecule has 0 radical (unpaired) electrons. The average molecular weight is 258 g/mol. The average Bonchev–Trinajstić information content (AvgIpc) is 2.75. The van der Waals surface area contributed by atoms with Gasteiger partial charge in [0.1, 0.15) is 0 Å². The number of carboxylic acid groups (broad SMARTS) is 1. The molecule has 2 unspecified atom stereocenters. The second-order valence-electron chi connectivity index (χ2n) is 4.59. The lowest BCUT2D eigenvalue weighted by Crippen LogP contribution is -2.48. The van der Waals surface area contributed by atoms with Crippen molar-refractivity contribution in [2.24, 2.45) is 0 Å². The Morgan fingerprint density at radius 1 is 1.56 bits per heavy atom. The zero-order chi connectivity index (χ0) is 13.5. The Kier molecular flexibility index (Phi) is 6.07. The van der Waals surface area contributed by atoms with Crippen LogP contribution in [0.4, 0.5) is 0 Å². The van der Waals surface area contributed by atoms with Crippen LogP contribution in [0.1, 0.15) is 26.2 Å². The Morgan fingerprint density at radius 2 is 2.28 bits per heavy atom. The van der Waals surface area contributed by atoms with Gasteiger partial charge in [0.05, 0.1) is 19.1 Å². The molecule has 1 aliphatic rings. The van der Waals surface area contributed by atoms with E-state index in [0.29, 0.717) is 13.2 Å². The van der Waals surface area contributed by atoms with E-state index >= 15 is 0 Å². The van der Waals surface area contributed by atoms with Crippen molar-refractivity contribution in [2.75, 3.05) is 26.8 Å². The lowest BCUT2D eigenvalue weighted by Gasteiger charge is -2.28. The summed E-state index contributed by atoms with van der Waals surface area (Å²) in [5.41, 5.74) is 0. The molecule has 2 N–H and O–H groups in total. The molecule has 1 fully saturated rings. The van der Waals surface area contributed by atoms with Gasteiger partial charge in [0.25, 0.3) is 0 Å². The maximum absolute atomic E-state index is 11.9. The summed E-state index contributed by atoms with van der Waals surface area (Å²) in [6.45, 7) is 3.58. The number of carboxylic acids is 1. The minimum atomic E-state index is -0.807. The van der Waals surface area contributed by atoms with Crippen molar-refractivity contribution >= 4 is 11.9 Å². The number of aliphatic carboxylic acids is 1. The van der Waals surface area contributed by atoms with Gasteiger partial charge in [-0.25, -0.2) is 0 Å². The molecule has 0 saturated carbocycles. The van der Waals surface area contributed by atoms with Crippen LogP contribution < -0.4 is 5.32 Å². The van der Waals surface area contributed by atoms with Gasteiger partial charge in [-0.15, -0.1) is 0 Å². The molecule has 6 heteroatoms. The van der Waals surface area contributed by atoms with Gasteiger partial charge in [-0.2, -0.15) is 0 Å². The van der Waals surface area contributed by atoms with Gasteiger partial charge >= 0.3 is 5.97 Å². The van der Waals surface area contributed by atoms with Crippen molar-refractivity contribution in [1.82, 2.24) is 10.2 Å². The first-order valence-electron chi connectivity index (χ1n) is 6.30. The number of rotatable bonds is 7. The molecular weight excluding hydrogens is 236 g/mol. The SMILES string of the molecule is COCCNC(=O)C(C)N1CCCC1CC(=O)O. The molecule has 2 atom stereocenters. The lowest BCUT2D eigenvalue weighted by molar-refractivity contribution is -0.139. The van der Waals surface area contributed by atoms with Gasteiger partial charge in [-0.05, 0) is 26.3 Å². The van der Waals surface area contributed by atoms with E-state index in [-0.39, 0.29) is 24.4 Å². The third-order valence-electron chi connectivity index (χ3n) is 3.32. The van der Waals surface area contributed by atoms with Gasteiger partial charge in [0.15, 0.2) is 0 Å². The molecular formula is C12H22N2O4. The second-order valence-corrected chi connectivity index (χ2v) is 4.59. The third kappa shape index (κ3) is 4.27. The smallest absolute Gasteiger partial charge is 0.304 e. The topological polar surface area (TPSA) is 78.9 Å². The van der Waals surface area contributed by atoms with Crippen molar-refractivity contribution in [3.05, 3.63) is 0 Å². The summed E-state index contributed by atoms with van der Waals surface area (Å²) in [4.78, 5) is 24.6. The predicted octanol–water partition coefficient (Wildman–Crippen LogP) is 0.0766. The summed E-state index contributed by atoms with van der Waals surface area (Å²) in [6.07, 6.45) is 1.91. The molecule has 0 aromatic carbocycles. The fraction of sp³-hybridized carbons (Fsp3) is 0.833. The van der Waals surface area contributed by atoms with E-state index in [2.05, 4.69) is 5.32 Å². The van der Waals surface area contributed by atoms with Crippen LogP contribution in [-0.4, -0.2) is 60.8 Å². The van der Waals surface area contributed by atoms with Gasteiger partial charge in [0, 0.05) is 19.7 Å². The molecule has 1 saturated heterocycles. The van der Waals surface area contributed by atoms with Gasteiger partial charge in [0.2, 0.25) is 5.91 Å². The largest absolute Gasteiger partial charge is 0.481 e. The molecule has 1 heterocycles. The van der Waals surface area contributed by atoms with Crippen LogP contribution in [0, 0.1) is 0 Å². The molecule has 0 aromatic heterocycles. The molecule has 104 valence electrons. The standard InChI is InChI=1S/C12H22N2O4/c1-9(12(17)13-5-7-18-2)14-6-3-4-10(14)8-11(15)16/h9-10H,3-8H2,1-2H3,(H,13,17)(H,15,16). The number of hydrogen-bond donors (Lipinski definition) is 2. The van der Waals surface area contributed by atoms with E-state index in [1.165, 1.54) is 0 Å². The first-order chi connectivity index (χ1) is 8.56. The number of carbonyl (C=O) groups is 2. The third-order valence-corrected chi connectivity index (χ3v) is 3.32. The Morgan fingerprint density at radius 3 is 2.89 bits per heavy atom. The zero-order valence-corrected chi connectivity index (χ0v) is 11.0. The quantitative estimate of drug-likeness (QED) is 0.632. The van der Waals surface area contributed by atoms with Crippen LogP contribution in [0.3, 0.4) is 0 Å². The predicted molar refractivity (Wildman–Crippen MR) is 66.3 cm³/mol. The first kappa shape index (κ1) is 14.9. The normalized spacial score (nSPS) is 21.8. The van der Waals surface area contributed by atoms with Crippen molar-refractivity contribution in [1.29, 1.82) is 0 Å². The molecule has 6 nitrogen and oxygen atoms in total. The van der Waals surface area contributed by atoms with Crippen molar-refractivity contribution in [3.8, 4) is 0 Å². The number of nitrogens with one attached hydrogen (secondary N) is 1. The number of nitrogens with zero attached hydrogens (tertiary/aromatic N) is 1. The number of likely N-dealkylation sites (tertiary alicyclic amines) is 1. The fourth-order valence-electron chi connectivity index (χ4n) is 2.36. The van der Waals surface area contributed by atoms with Crippen LogP contribution in [-0.2, 0) is 14.3 Å². The maximum Gasteiger partial charge on any atom is 0.304 e. The van der Waals surface area contributed by atoms with Crippen molar-refractivity contribution in [2.45, 2.75) is 38.3 Å². The number of hydrogen-bond acceptors (Lipinski definition) is 4. The number of ether oxygens (including phenoxy) is 1. The highest BCUT2D eigenvalue weighted by Gasteiger charge is 2.32. The Labute approximate surface area is 107 Å². The molecule has 1 amide bonds. The summed E-state index contributed by atoms with van der Waals surface area (Å²) < 4.78 is 4.87. The van der Waals surface area contributed by atoms with Gasteiger partial charge in [-0.3, -0.25) is 14.5 Å². The first-order valence-corrected chi connectivity index (χ1v) is 6.30. The Hall–Kier alpha value is -1.14. The van der Waals surface area contributed by atoms with Gasteiger partial charge in [-0.1, -0.05) is 0 Å². The van der Waals surface area contributed by atoms with E-state index in [1.54, 1.807) is 7.11 Å². The number of methoxy groups -OCH3 is 1. The van der Waals surface area contributed by atoms with E-state index < -0.39 is 5.97 Å². The molecule has 0 aliphatic carbocycles. The van der Waals surface area contributed by atoms with Crippen molar-refractivity contribution in [3.63, 3.8) is 0 Å². The van der Waals surface area contributed by atoms with E-state index in [0.717, 1.165) is 19.4 Å². The summed E-state index contributed by atoms with van der Waals surface area (Å²) in [7, 11) is 1.58. The second kappa shape index (κ2) is 7.33. The molecule has 18 heavy (non-hydrogen) atoms. The molecule has 0 aromatic rings. The highest BCUT2D eigenvalue weighted by molar-refractivity contribution is 5.81. The highest BCUT2D eigenvalue weighted by atomic mass is 16.5. The van der Waals surface area contributed by atoms with E-state index in [9.17, 15) is 9.59 Å².